The molecule has 4 nitrogen and oxygen atoms in total. The van der Waals surface area contributed by atoms with Crippen molar-refractivity contribution >= 4 is 23.3 Å². The highest BCUT2D eigenvalue weighted by atomic mass is 32.2. The van der Waals surface area contributed by atoms with Gasteiger partial charge in [0.05, 0.1) is 0 Å². The summed E-state index contributed by atoms with van der Waals surface area (Å²) in [5.41, 5.74) is 8.71. The molecule has 1 heterocycles. The molecule has 1 aliphatic heterocycles. The van der Waals surface area contributed by atoms with Gasteiger partial charge in [0.1, 0.15) is 0 Å². The zero-order valence-electron chi connectivity index (χ0n) is 10.8. The van der Waals surface area contributed by atoms with E-state index in [9.17, 15) is 0 Å². The summed E-state index contributed by atoms with van der Waals surface area (Å²) in [6.07, 6.45) is 1.19. The predicted octanol–water partition coefficient (Wildman–Crippen LogP) is 2.03. The Hall–Kier alpha value is -1.36. The molecule has 0 amide bonds. The Morgan fingerprint density at radius 1 is 1.56 bits per heavy atom. The summed E-state index contributed by atoms with van der Waals surface area (Å²) in [6.45, 7) is 2.00. The fourth-order valence-corrected chi connectivity index (χ4v) is 3.51. The number of benzene rings is 1. The third kappa shape index (κ3) is 2.56. The van der Waals surface area contributed by atoms with Crippen molar-refractivity contribution in [2.45, 2.75) is 19.4 Å². The maximum atomic E-state index is 8.89. The largest absolute Gasteiger partial charge is 0.409 e. The summed E-state index contributed by atoms with van der Waals surface area (Å²) in [5.74, 6) is 2.52. The number of hydrogen-bond acceptors (Lipinski definition) is 4. The molecule has 1 atom stereocenters. The fourth-order valence-electron chi connectivity index (χ4n) is 2.24. The highest BCUT2D eigenvalue weighted by molar-refractivity contribution is 7.99. The Bertz CT molecular complexity index is 456. The second kappa shape index (κ2) is 5.52. The van der Waals surface area contributed by atoms with Crippen LogP contribution in [0.2, 0.25) is 0 Å². The molecule has 0 saturated carbocycles. The van der Waals surface area contributed by atoms with Gasteiger partial charge in [-0.15, -0.1) is 0 Å². The Labute approximate surface area is 112 Å². The molecule has 1 fully saturated rings. The van der Waals surface area contributed by atoms with Crippen LogP contribution in [-0.2, 0) is 0 Å². The molecule has 98 valence electrons. The van der Waals surface area contributed by atoms with Crippen LogP contribution in [0, 0.1) is 6.92 Å². The Kier molecular flexibility index (Phi) is 4.01. The smallest absolute Gasteiger partial charge is 0.172 e. The summed E-state index contributed by atoms with van der Waals surface area (Å²) in [7, 11) is 2.08. The summed E-state index contributed by atoms with van der Waals surface area (Å²) >= 11 is 1.98. The van der Waals surface area contributed by atoms with Gasteiger partial charge in [-0.05, 0) is 31.2 Å². The van der Waals surface area contributed by atoms with Crippen molar-refractivity contribution in [1.82, 2.24) is 0 Å². The van der Waals surface area contributed by atoms with Gasteiger partial charge >= 0.3 is 0 Å². The number of anilines is 1. The molecule has 0 radical (unpaired) electrons. The molecule has 0 aliphatic carbocycles. The normalized spacial score (nSPS) is 20.1. The van der Waals surface area contributed by atoms with E-state index < -0.39 is 0 Å². The molecule has 3 N–H and O–H groups in total. The van der Waals surface area contributed by atoms with E-state index >= 15 is 0 Å². The first-order valence-corrected chi connectivity index (χ1v) is 7.18. The van der Waals surface area contributed by atoms with Gasteiger partial charge in [0.2, 0.25) is 0 Å². The maximum Gasteiger partial charge on any atom is 0.172 e. The summed E-state index contributed by atoms with van der Waals surface area (Å²) in [4.78, 5) is 2.24. The summed E-state index contributed by atoms with van der Waals surface area (Å²) in [5, 5.41) is 12.0. The molecule has 1 aromatic carbocycles. The van der Waals surface area contributed by atoms with Crippen LogP contribution in [0.25, 0.3) is 0 Å². The van der Waals surface area contributed by atoms with Gasteiger partial charge in [0.15, 0.2) is 5.84 Å². The second-order valence-electron chi connectivity index (χ2n) is 4.63. The monoisotopic (exact) mass is 265 g/mol. The van der Waals surface area contributed by atoms with Crippen LogP contribution in [0.3, 0.4) is 0 Å². The van der Waals surface area contributed by atoms with Crippen molar-refractivity contribution in [2.24, 2.45) is 10.9 Å². The molecule has 0 aromatic heterocycles. The second-order valence-corrected chi connectivity index (χ2v) is 5.78. The first-order chi connectivity index (χ1) is 8.63. The lowest BCUT2D eigenvalue weighted by Crippen LogP contribution is -2.33. The van der Waals surface area contributed by atoms with Crippen molar-refractivity contribution < 1.29 is 5.21 Å². The summed E-state index contributed by atoms with van der Waals surface area (Å²) < 4.78 is 0. The molecular weight excluding hydrogens is 246 g/mol. The van der Waals surface area contributed by atoms with Crippen molar-refractivity contribution in [3.05, 3.63) is 29.3 Å². The van der Waals surface area contributed by atoms with Gasteiger partial charge in [-0.25, -0.2) is 0 Å². The van der Waals surface area contributed by atoms with Gasteiger partial charge in [0, 0.05) is 30.1 Å². The Morgan fingerprint density at radius 2 is 2.33 bits per heavy atom. The van der Waals surface area contributed by atoms with E-state index in [0.717, 1.165) is 22.6 Å². The quantitative estimate of drug-likeness (QED) is 0.380. The lowest BCUT2D eigenvalue weighted by molar-refractivity contribution is 0.318. The van der Waals surface area contributed by atoms with Crippen LogP contribution < -0.4 is 10.6 Å². The first kappa shape index (κ1) is 13.1. The maximum absolute atomic E-state index is 8.89. The molecule has 0 bridgehead atoms. The number of nitrogens with two attached hydrogens (primary N) is 1. The van der Waals surface area contributed by atoms with Gasteiger partial charge < -0.3 is 15.8 Å². The van der Waals surface area contributed by atoms with E-state index in [1.807, 2.05) is 30.8 Å². The van der Waals surface area contributed by atoms with Crippen LogP contribution >= 0.6 is 11.8 Å². The van der Waals surface area contributed by atoms with E-state index in [2.05, 4.69) is 23.2 Å². The predicted molar refractivity (Wildman–Crippen MR) is 77.8 cm³/mol. The van der Waals surface area contributed by atoms with Gasteiger partial charge in [-0.1, -0.05) is 16.8 Å². The van der Waals surface area contributed by atoms with E-state index in [-0.39, 0.29) is 5.84 Å². The number of oxime groups is 1. The number of nitrogens with zero attached hydrogens (tertiary/aromatic N) is 2. The number of aryl methyl sites for hydroxylation is 1. The molecule has 1 aromatic rings. The molecule has 1 aliphatic rings. The highest BCUT2D eigenvalue weighted by Gasteiger charge is 2.22. The minimum Gasteiger partial charge on any atom is -0.409 e. The Morgan fingerprint density at radius 3 is 2.94 bits per heavy atom. The SMILES string of the molecule is Cc1ccc(N(C)C2CCSC2)c(/C(N)=N/O)c1. The topological polar surface area (TPSA) is 61.8 Å². The van der Waals surface area contributed by atoms with E-state index in [1.165, 1.54) is 12.2 Å². The zero-order chi connectivity index (χ0) is 13.1. The van der Waals surface area contributed by atoms with Crippen molar-refractivity contribution in [3.8, 4) is 0 Å². The first-order valence-electron chi connectivity index (χ1n) is 6.02. The number of rotatable bonds is 3. The van der Waals surface area contributed by atoms with Gasteiger partial charge in [-0.3, -0.25) is 0 Å². The fraction of sp³-hybridized carbons (Fsp3) is 0.462. The Balaban J connectivity index is 2.36. The number of thioether (sulfide) groups is 1. The number of amidine groups is 1. The third-order valence-electron chi connectivity index (χ3n) is 3.37. The average molecular weight is 265 g/mol. The zero-order valence-corrected chi connectivity index (χ0v) is 11.6. The molecular formula is C13H19N3OS. The van der Waals surface area contributed by atoms with Crippen LogP contribution in [0.15, 0.2) is 23.4 Å². The van der Waals surface area contributed by atoms with Crippen molar-refractivity contribution in [1.29, 1.82) is 0 Å². The number of hydrogen-bond donors (Lipinski definition) is 2. The lowest BCUT2D eigenvalue weighted by Gasteiger charge is -2.28. The van der Waals surface area contributed by atoms with Crippen LogP contribution in [0.5, 0.6) is 0 Å². The average Bonchev–Trinajstić information content (AvgIpc) is 2.90. The van der Waals surface area contributed by atoms with E-state index in [0.29, 0.717) is 6.04 Å². The van der Waals surface area contributed by atoms with E-state index in [4.69, 9.17) is 10.9 Å². The minimum absolute atomic E-state index is 0.172. The van der Waals surface area contributed by atoms with Crippen LogP contribution in [0.4, 0.5) is 5.69 Å². The highest BCUT2D eigenvalue weighted by Crippen LogP contribution is 2.28. The molecule has 0 spiro atoms. The van der Waals surface area contributed by atoms with Crippen LogP contribution in [-0.4, -0.2) is 35.6 Å². The van der Waals surface area contributed by atoms with Gasteiger partial charge in [0.25, 0.3) is 0 Å². The molecule has 5 heteroatoms. The van der Waals surface area contributed by atoms with Gasteiger partial charge in [-0.2, -0.15) is 11.8 Å². The van der Waals surface area contributed by atoms with Crippen molar-refractivity contribution in [3.63, 3.8) is 0 Å². The standard InChI is InChI=1S/C13H19N3OS/c1-9-3-4-12(11(7-9)13(14)15-17)16(2)10-5-6-18-8-10/h3-4,7,10,17H,5-6,8H2,1-2H3,(H2,14,15). The molecule has 1 unspecified atom stereocenters. The van der Waals surface area contributed by atoms with Crippen molar-refractivity contribution in [2.75, 3.05) is 23.5 Å². The summed E-state index contributed by atoms with van der Waals surface area (Å²) in [6, 6.07) is 6.60. The lowest BCUT2D eigenvalue weighted by atomic mass is 10.1. The molecule has 1 saturated heterocycles. The third-order valence-corrected chi connectivity index (χ3v) is 4.51. The van der Waals surface area contributed by atoms with Crippen LogP contribution in [0.1, 0.15) is 17.5 Å². The molecule has 2 rings (SSSR count). The minimum atomic E-state index is 0.172. The van der Waals surface area contributed by atoms with E-state index in [1.54, 1.807) is 0 Å². The molecule has 18 heavy (non-hydrogen) atoms.